The molecule has 0 aliphatic heterocycles. The molecule has 0 bridgehead atoms. The number of esters is 1. The van der Waals surface area contributed by atoms with Crippen LogP contribution in [0.15, 0.2) is 88.8 Å². The molecule has 0 saturated carbocycles. The van der Waals surface area contributed by atoms with Crippen LogP contribution in [0.2, 0.25) is 0 Å². The van der Waals surface area contributed by atoms with Gasteiger partial charge in [0.2, 0.25) is 0 Å². The lowest BCUT2D eigenvalue weighted by Gasteiger charge is -2.11. The Morgan fingerprint density at radius 3 is 2.38 bits per heavy atom. The molecule has 0 saturated heterocycles. The highest BCUT2D eigenvalue weighted by Crippen LogP contribution is 2.28. The Labute approximate surface area is 224 Å². The number of hydrogen-bond donors (Lipinski definition) is 1. The minimum absolute atomic E-state index is 0.0735. The zero-order chi connectivity index (χ0) is 27.7. The Morgan fingerprint density at radius 2 is 1.69 bits per heavy atom. The van der Waals surface area contributed by atoms with E-state index in [1.165, 1.54) is 15.6 Å². The predicted molar refractivity (Wildman–Crippen MR) is 147 cm³/mol. The maximum Gasteiger partial charge on any atom is 0.361 e. The normalized spacial score (nSPS) is 11.6. The fourth-order valence-electron chi connectivity index (χ4n) is 4.42. The fourth-order valence-corrected chi connectivity index (χ4v) is 5.33. The molecular weight excluding hydrogens is 518 g/mol. The van der Waals surface area contributed by atoms with Crippen molar-refractivity contribution in [2.24, 2.45) is 5.73 Å². The molecule has 0 fully saturated rings. The van der Waals surface area contributed by atoms with Crippen molar-refractivity contribution >= 4 is 26.8 Å². The molecule has 11 heteroatoms. The maximum absolute atomic E-state index is 13.9. The average molecular weight is 544 g/mol. The predicted octanol–water partition coefficient (Wildman–Crippen LogP) is 3.28. The topological polar surface area (TPSA) is 139 Å². The number of sulfone groups is 1. The van der Waals surface area contributed by atoms with Crippen LogP contribution in [0.25, 0.3) is 33.5 Å². The fraction of sp³-hybridized carbons (Fsp3) is 0.143. The monoisotopic (exact) mass is 543 g/mol. The number of nitrogens with two attached hydrogens (primary N) is 1. The molecule has 0 unspecified atom stereocenters. The number of aromatic nitrogens is 4. The summed E-state index contributed by atoms with van der Waals surface area (Å²) >= 11 is 0. The lowest BCUT2D eigenvalue weighted by Crippen LogP contribution is -2.21. The summed E-state index contributed by atoms with van der Waals surface area (Å²) in [7, 11) is -3.44. The Kier molecular flexibility index (Phi) is 6.85. The molecule has 5 aromatic rings. The number of fused-ring (bicyclic) bond motifs is 1. The summed E-state index contributed by atoms with van der Waals surface area (Å²) in [4.78, 5) is 31.2. The van der Waals surface area contributed by atoms with Crippen LogP contribution in [-0.2, 0) is 21.1 Å². The Hall–Kier alpha value is -4.61. The molecule has 0 spiro atoms. The third-order valence-corrected chi connectivity index (χ3v) is 7.39. The second kappa shape index (κ2) is 10.3. The highest BCUT2D eigenvalue weighted by atomic mass is 32.2. The molecule has 10 nitrogen and oxygen atoms in total. The first-order chi connectivity index (χ1) is 18.7. The van der Waals surface area contributed by atoms with E-state index in [1.807, 2.05) is 12.1 Å². The third-order valence-electron chi connectivity index (χ3n) is 6.24. The summed E-state index contributed by atoms with van der Waals surface area (Å²) < 4.78 is 32.4. The van der Waals surface area contributed by atoms with Crippen LogP contribution in [0.4, 0.5) is 0 Å². The van der Waals surface area contributed by atoms with E-state index in [1.54, 1.807) is 67.6 Å². The molecule has 39 heavy (non-hydrogen) atoms. The van der Waals surface area contributed by atoms with Crippen molar-refractivity contribution in [3.8, 4) is 22.5 Å². The van der Waals surface area contributed by atoms with Crippen molar-refractivity contribution in [2.45, 2.75) is 18.4 Å². The van der Waals surface area contributed by atoms with E-state index < -0.39 is 21.4 Å². The molecule has 0 radical (unpaired) electrons. The van der Waals surface area contributed by atoms with Crippen molar-refractivity contribution in [3.05, 3.63) is 101 Å². The van der Waals surface area contributed by atoms with Crippen molar-refractivity contribution in [3.63, 3.8) is 0 Å². The zero-order valence-electron chi connectivity index (χ0n) is 21.2. The van der Waals surface area contributed by atoms with Gasteiger partial charge in [-0.05, 0) is 42.3 Å². The van der Waals surface area contributed by atoms with Gasteiger partial charge in [0.15, 0.2) is 21.0 Å². The van der Waals surface area contributed by atoms with Crippen molar-refractivity contribution < 1.29 is 17.9 Å². The number of carbonyl (C=O) groups excluding carboxylic acids is 1. The summed E-state index contributed by atoms with van der Waals surface area (Å²) in [6.07, 6.45) is 2.49. The average Bonchev–Trinajstić information content (AvgIpc) is 3.33. The minimum Gasteiger partial charge on any atom is -0.461 e. The number of nitrogens with zero attached hydrogens (tertiary/aromatic N) is 4. The molecule has 0 amide bonds. The quantitative estimate of drug-likeness (QED) is 0.309. The number of carbonyl (C=O) groups is 1. The van der Waals surface area contributed by atoms with E-state index >= 15 is 0 Å². The summed E-state index contributed by atoms with van der Waals surface area (Å²) in [5, 5.41) is 4.42. The molecule has 198 valence electrons. The van der Waals surface area contributed by atoms with Crippen molar-refractivity contribution in [1.82, 2.24) is 19.3 Å². The summed E-state index contributed by atoms with van der Waals surface area (Å²) in [6, 6.07) is 20.8. The molecule has 2 N–H and O–H groups in total. The van der Waals surface area contributed by atoms with E-state index in [4.69, 9.17) is 10.5 Å². The van der Waals surface area contributed by atoms with Crippen LogP contribution in [0, 0.1) is 0 Å². The largest absolute Gasteiger partial charge is 0.461 e. The van der Waals surface area contributed by atoms with Gasteiger partial charge in [-0.2, -0.15) is 5.10 Å². The third kappa shape index (κ3) is 4.73. The van der Waals surface area contributed by atoms with Gasteiger partial charge in [0.05, 0.1) is 22.9 Å². The molecule has 2 heterocycles. The van der Waals surface area contributed by atoms with Gasteiger partial charge in [-0.1, -0.05) is 48.5 Å². The Morgan fingerprint density at radius 1 is 1.00 bits per heavy atom. The number of ether oxygens (including phenoxy) is 1. The van der Waals surface area contributed by atoms with Gasteiger partial charge in [0.25, 0.3) is 5.56 Å². The van der Waals surface area contributed by atoms with Gasteiger partial charge in [-0.3, -0.25) is 9.36 Å². The molecule has 0 aliphatic carbocycles. The molecule has 0 atom stereocenters. The van der Waals surface area contributed by atoms with Crippen LogP contribution in [-0.4, -0.2) is 46.6 Å². The molecule has 5 rings (SSSR count). The highest BCUT2D eigenvalue weighted by molar-refractivity contribution is 7.90. The Bertz CT molecular complexity index is 1880. The first kappa shape index (κ1) is 26.0. The number of hydrogen-bond acceptors (Lipinski definition) is 8. The molecule has 2 aromatic heterocycles. The SMILES string of the molecule is CCOC(=O)c1nn(-c2ccccc2CN)c2c(=O)n(-c3ccc(-c4ccccc4S(C)(=O)=O)cc3)cnc12. The zero-order valence-corrected chi connectivity index (χ0v) is 22.1. The van der Waals surface area contributed by atoms with Crippen LogP contribution < -0.4 is 11.3 Å². The van der Waals surface area contributed by atoms with Crippen molar-refractivity contribution in [1.29, 1.82) is 0 Å². The van der Waals surface area contributed by atoms with E-state index in [2.05, 4.69) is 10.1 Å². The maximum atomic E-state index is 13.9. The first-order valence-electron chi connectivity index (χ1n) is 12.1. The lowest BCUT2D eigenvalue weighted by molar-refractivity contribution is 0.0521. The summed E-state index contributed by atoms with van der Waals surface area (Å²) in [5.74, 6) is -0.690. The van der Waals surface area contributed by atoms with Crippen LogP contribution in [0.5, 0.6) is 0 Å². The number of para-hydroxylation sites is 1. The Balaban J connectivity index is 1.68. The van der Waals surface area contributed by atoms with E-state index in [0.29, 0.717) is 22.5 Å². The van der Waals surface area contributed by atoms with Gasteiger partial charge in [0, 0.05) is 18.4 Å². The standard InChI is InChI=1S/C28H25N5O5S/c1-3-38-28(35)25-24-26(33(31-25)22-10-6-4-8-19(22)16-29)27(34)32(17-30-24)20-14-12-18(13-15-20)21-9-5-7-11-23(21)39(2,36)37/h4-15,17H,3,16,29H2,1-2H3. The minimum atomic E-state index is -3.44. The molecule has 0 aliphatic rings. The molecule has 3 aromatic carbocycles. The van der Waals surface area contributed by atoms with Gasteiger partial charge in [0.1, 0.15) is 11.8 Å². The smallest absolute Gasteiger partial charge is 0.361 e. The second-order valence-electron chi connectivity index (χ2n) is 8.75. The van der Waals surface area contributed by atoms with Gasteiger partial charge < -0.3 is 10.5 Å². The first-order valence-corrected chi connectivity index (χ1v) is 14.0. The summed E-state index contributed by atoms with van der Waals surface area (Å²) in [5.41, 5.74) is 8.60. The van der Waals surface area contributed by atoms with Gasteiger partial charge in [-0.15, -0.1) is 0 Å². The van der Waals surface area contributed by atoms with Gasteiger partial charge >= 0.3 is 5.97 Å². The van der Waals surface area contributed by atoms with Crippen LogP contribution >= 0.6 is 0 Å². The summed E-state index contributed by atoms with van der Waals surface area (Å²) in [6.45, 7) is 2.01. The van der Waals surface area contributed by atoms with E-state index in [-0.39, 0.29) is 34.8 Å². The van der Waals surface area contributed by atoms with Crippen molar-refractivity contribution in [2.75, 3.05) is 12.9 Å². The molecular formula is C28H25N5O5S. The van der Waals surface area contributed by atoms with Crippen LogP contribution in [0.1, 0.15) is 23.0 Å². The second-order valence-corrected chi connectivity index (χ2v) is 10.7. The number of rotatable bonds is 7. The van der Waals surface area contributed by atoms with Gasteiger partial charge in [-0.25, -0.2) is 22.9 Å². The van der Waals surface area contributed by atoms with Crippen LogP contribution in [0.3, 0.4) is 0 Å². The van der Waals surface area contributed by atoms with E-state index in [9.17, 15) is 18.0 Å². The van der Waals surface area contributed by atoms with E-state index in [0.717, 1.165) is 11.8 Å². The highest BCUT2D eigenvalue weighted by Gasteiger charge is 2.25. The number of benzene rings is 3. The lowest BCUT2D eigenvalue weighted by atomic mass is 10.1.